The van der Waals surface area contributed by atoms with E-state index in [0.717, 1.165) is 0 Å². The first-order valence-electron chi connectivity index (χ1n) is 5.79. The summed E-state index contributed by atoms with van der Waals surface area (Å²) in [4.78, 5) is 27.7. The maximum atomic E-state index is 11.7. The van der Waals surface area contributed by atoms with Crippen LogP contribution < -0.4 is 10.8 Å². The molecule has 0 heterocycles. The molecule has 98 valence electrons. The van der Waals surface area contributed by atoms with Crippen LogP contribution in [0.1, 0.15) is 31.1 Å². The predicted octanol–water partition coefficient (Wildman–Crippen LogP) is 1.96. The van der Waals surface area contributed by atoms with Crippen molar-refractivity contribution in [2.24, 2.45) is 5.92 Å². The zero-order valence-electron chi connectivity index (χ0n) is 10.8. The van der Waals surface area contributed by atoms with Gasteiger partial charge in [-0.3, -0.25) is 14.4 Å². The van der Waals surface area contributed by atoms with E-state index in [4.69, 9.17) is 4.84 Å². The summed E-state index contributed by atoms with van der Waals surface area (Å²) in [7, 11) is 0. The minimum absolute atomic E-state index is 0.177. The van der Waals surface area contributed by atoms with Crippen molar-refractivity contribution in [2.75, 3.05) is 11.9 Å². The molecule has 5 nitrogen and oxygen atoms in total. The lowest BCUT2D eigenvalue weighted by atomic mass is 10.2. The highest BCUT2D eigenvalue weighted by molar-refractivity contribution is 5.96. The minimum atomic E-state index is -0.331. The number of amides is 2. The van der Waals surface area contributed by atoms with Gasteiger partial charge in [-0.2, -0.15) is 0 Å². The van der Waals surface area contributed by atoms with Crippen molar-refractivity contribution in [2.45, 2.75) is 20.8 Å². The van der Waals surface area contributed by atoms with Gasteiger partial charge in [-0.1, -0.05) is 19.9 Å². The van der Waals surface area contributed by atoms with Gasteiger partial charge in [-0.15, -0.1) is 0 Å². The second-order valence-electron chi connectivity index (χ2n) is 4.40. The van der Waals surface area contributed by atoms with E-state index in [0.29, 0.717) is 23.8 Å². The molecule has 0 saturated carbocycles. The molecule has 1 rings (SSSR count). The molecule has 2 N–H and O–H groups in total. The molecule has 0 saturated heterocycles. The number of rotatable bonds is 5. The molecule has 0 spiro atoms. The lowest BCUT2D eigenvalue weighted by Gasteiger charge is -2.09. The summed E-state index contributed by atoms with van der Waals surface area (Å²) in [6.07, 6.45) is 0. The Morgan fingerprint density at radius 2 is 2.06 bits per heavy atom. The quantitative estimate of drug-likeness (QED) is 0.785. The number of carbonyl (C=O) groups excluding carboxylic acids is 2. The zero-order valence-corrected chi connectivity index (χ0v) is 10.8. The lowest BCUT2D eigenvalue weighted by molar-refractivity contribution is -0.114. The van der Waals surface area contributed by atoms with E-state index in [1.54, 1.807) is 24.3 Å². The normalized spacial score (nSPS) is 10.2. The molecule has 0 aromatic heterocycles. The molecule has 2 amide bonds. The number of hydrogen-bond acceptors (Lipinski definition) is 3. The lowest BCUT2D eigenvalue weighted by Crippen LogP contribution is -2.25. The van der Waals surface area contributed by atoms with Crippen LogP contribution >= 0.6 is 0 Å². The van der Waals surface area contributed by atoms with E-state index >= 15 is 0 Å². The molecule has 0 radical (unpaired) electrons. The SMILES string of the molecule is CC(=O)Nc1cccc(C(=O)NOCC(C)C)c1. The summed E-state index contributed by atoms with van der Waals surface area (Å²) in [6, 6.07) is 6.66. The largest absolute Gasteiger partial charge is 0.326 e. The van der Waals surface area contributed by atoms with Gasteiger partial charge in [0.1, 0.15) is 0 Å². The van der Waals surface area contributed by atoms with Gasteiger partial charge in [0.15, 0.2) is 0 Å². The molecule has 0 unspecified atom stereocenters. The number of hydrogen-bond donors (Lipinski definition) is 2. The summed E-state index contributed by atoms with van der Waals surface area (Å²) >= 11 is 0. The standard InChI is InChI=1S/C13H18N2O3/c1-9(2)8-18-15-13(17)11-5-4-6-12(7-11)14-10(3)16/h4-7,9H,8H2,1-3H3,(H,14,16)(H,15,17). The van der Waals surface area contributed by atoms with Crippen LogP contribution in [0.5, 0.6) is 0 Å². The second-order valence-corrected chi connectivity index (χ2v) is 4.40. The maximum absolute atomic E-state index is 11.7. The Hall–Kier alpha value is -1.88. The molecular formula is C13H18N2O3. The minimum Gasteiger partial charge on any atom is -0.326 e. The van der Waals surface area contributed by atoms with Crippen LogP contribution in [0.15, 0.2) is 24.3 Å². The summed E-state index contributed by atoms with van der Waals surface area (Å²) < 4.78 is 0. The van der Waals surface area contributed by atoms with Crippen LogP contribution in [-0.4, -0.2) is 18.4 Å². The third kappa shape index (κ3) is 4.97. The van der Waals surface area contributed by atoms with Gasteiger partial charge in [-0.05, 0) is 24.1 Å². The first kappa shape index (κ1) is 14.2. The Morgan fingerprint density at radius 1 is 1.33 bits per heavy atom. The molecule has 0 bridgehead atoms. The van der Waals surface area contributed by atoms with Gasteiger partial charge in [-0.25, -0.2) is 5.48 Å². The Morgan fingerprint density at radius 3 is 2.67 bits per heavy atom. The summed E-state index contributed by atoms with van der Waals surface area (Å²) in [5, 5.41) is 2.61. The maximum Gasteiger partial charge on any atom is 0.274 e. The summed E-state index contributed by atoms with van der Waals surface area (Å²) in [6.45, 7) is 5.85. The number of hydroxylamine groups is 1. The topological polar surface area (TPSA) is 67.4 Å². The first-order valence-corrected chi connectivity index (χ1v) is 5.79. The van der Waals surface area contributed by atoms with Gasteiger partial charge in [0.2, 0.25) is 5.91 Å². The molecule has 0 aliphatic carbocycles. The van der Waals surface area contributed by atoms with Gasteiger partial charge < -0.3 is 5.32 Å². The van der Waals surface area contributed by atoms with Gasteiger partial charge in [0.05, 0.1) is 6.61 Å². The third-order valence-electron chi connectivity index (χ3n) is 2.03. The van der Waals surface area contributed by atoms with E-state index in [1.807, 2.05) is 13.8 Å². The molecule has 18 heavy (non-hydrogen) atoms. The van der Waals surface area contributed by atoms with Crippen molar-refractivity contribution in [1.82, 2.24) is 5.48 Å². The van der Waals surface area contributed by atoms with Gasteiger partial charge in [0, 0.05) is 18.2 Å². The first-order chi connectivity index (χ1) is 8.49. The highest BCUT2D eigenvalue weighted by atomic mass is 16.6. The fraction of sp³-hybridized carbons (Fsp3) is 0.385. The number of anilines is 1. The Balaban J connectivity index is 2.59. The van der Waals surface area contributed by atoms with Crippen LogP contribution in [-0.2, 0) is 9.63 Å². The molecule has 0 fully saturated rings. The van der Waals surface area contributed by atoms with Crippen molar-refractivity contribution in [3.63, 3.8) is 0 Å². The molecular weight excluding hydrogens is 232 g/mol. The van der Waals surface area contributed by atoms with E-state index in [-0.39, 0.29) is 11.8 Å². The van der Waals surface area contributed by atoms with E-state index in [9.17, 15) is 9.59 Å². The van der Waals surface area contributed by atoms with Crippen molar-refractivity contribution >= 4 is 17.5 Å². The smallest absolute Gasteiger partial charge is 0.274 e. The van der Waals surface area contributed by atoms with Gasteiger partial charge in [0.25, 0.3) is 5.91 Å². The average Bonchev–Trinajstić information content (AvgIpc) is 2.27. The molecule has 1 aromatic carbocycles. The number of nitrogens with one attached hydrogen (secondary N) is 2. The Labute approximate surface area is 106 Å². The van der Waals surface area contributed by atoms with Crippen molar-refractivity contribution in [3.05, 3.63) is 29.8 Å². The molecule has 5 heteroatoms. The van der Waals surface area contributed by atoms with Crippen LogP contribution in [0.25, 0.3) is 0 Å². The molecule has 0 aliphatic rings. The van der Waals surface area contributed by atoms with Crippen LogP contribution in [0.4, 0.5) is 5.69 Å². The predicted molar refractivity (Wildman–Crippen MR) is 69.0 cm³/mol. The Bertz CT molecular complexity index is 430. The van der Waals surface area contributed by atoms with Crippen molar-refractivity contribution in [1.29, 1.82) is 0 Å². The van der Waals surface area contributed by atoms with Crippen LogP contribution in [0, 0.1) is 5.92 Å². The fourth-order valence-electron chi connectivity index (χ4n) is 1.27. The third-order valence-corrected chi connectivity index (χ3v) is 2.03. The number of carbonyl (C=O) groups is 2. The van der Waals surface area contributed by atoms with Crippen molar-refractivity contribution < 1.29 is 14.4 Å². The number of benzene rings is 1. The average molecular weight is 250 g/mol. The molecule has 0 aliphatic heterocycles. The molecule has 1 aromatic rings. The van der Waals surface area contributed by atoms with E-state index < -0.39 is 0 Å². The summed E-state index contributed by atoms with van der Waals surface area (Å²) in [5.74, 6) is -0.164. The zero-order chi connectivity index (χ0) is 13.5. The van der Waals surface area contributed by atoms with E-state index in [2.05, 4.69) is 10.8 Å². The fourth-order valence-corrected chi connectivity index (χ4v) is 1.27. The molecule has 0 atom stereocenters. The van der Waals surface area contributed by atoms with Crippen molar-refractivity contribution in [3.8, 4) is 0 Å². The summed E-state index contributed by atoms with van der Waals surface area (Å²) in [5.41, 5.74) is 3.38. The Kier molecular flexibility index (Phi) is 5.32. The van der Waals surface area contributed by atoms with E-state index in [1.165, 1.54) is 6.92 Å². The van der Waals surface area contributed by atoms with Crippen LogP contribution in [0.2, 0.25) is 0 Å². The van der Waals surface area contributed by atoms with Crippen LogP contribution in [0.3, 0.4) is 0 Å². The van der Waals surface area contributed by atoms with Gasteiger partial charge >= 0.3 is 0 Å². The highest BCUT2D eigenvalue weighted by Crippen LogP contribution is 2.10. The highest BCUT2D eigenvalue weighted by Gasteiger charge is 2.07. The monoisotopic (exact) mass is 250 g/mol. The second kappa shape index (κ2) is 6.76.